The van der Waals surface area contributed by atoms with Crippen LogP contribution in [0.5, 0.6) is 0 Å². The number of hydrogen-bond donors (Lipinski definition) is 2. The Kier molecular flexibility index (Phi) is 2.89. The smallest absolute Gasteiger partial charge is 0.326 e. The van der Waals surface area contributed by atoms with Crippen molar-refractivity contribution in [3.8, 4) is 0 Å². The highest BCUT2D eigenvalue weighted by Crippen LogP contribution is 2.33. The molecule has 4 rings (SSSR count). The number of fused-ring (bicyclic) bond motifs is 2. The maximum absolute atomic E-state index is 12.7. The molecule has 22 heavy (non-hydrogen) atoms. The van der Waals surface area contributed by atoms with Gasteiger partial charge < -0.3 is 10.3 Å². The van der Waals surface area contributed by atoms with E-state index in [2.05, 4.69) is 23.3 Å². The van der Waals surface area contributed by atoms with Crippen LogP contribution >= 0.6 is 0 Å². The Morgan fingerprint density at radius 1 is 1.18 bits per heavy atom. The van der Waals surface area contributed by atoms with Gasteiger partial charge in [-0.3, -0.25) is 4.90 Å². The average Bonchev–Trinajstić information content (AvgIpc) is 3.07. The average molecular weight is 291 g/mol. The maximum Gasteiger partial charge on any atom is 0.326 e. The zero-order valence-corrected chi connectivity index (χ0v) is 12.3. The van der Waals surface area contributed by atoms with Gasteiger partial charge in [-0.1, -0.05) is 36.4 Å². The van der Waals surface area contributed by atoms with Crippen molar-refractivity contribution in [2.75, 3.05) is 10.2 Å². The first kappa shape index (κ1) is 13.0. The number of urea groups is 1. The van der Waals surface area contributed by atoms with Crippen molar-refractivity contribution in [1.82, 2.24) is 4.98 Å². The number of hydrogen-bond acceptors (Lipinski definition) is 1. The van der Waals surface area contributed by atoms with Gasteiger partial charge in [0, 0.05) is 28.8 Å². The third-order valence-electron chi connectivity index (χ3n) is 4.26. The molecule has 0 saturated heterocycles. The molecule has 4 heteroatoms. The van der Waals surface area contributed by atoms with Crippen LogP contribution < -0.4 is 10.2 Å². The van der Waals surface area contributed by atoms with Crippen LogP contribution in [0.4, 0.5) is 16.2 Å². The summed E-state index contributed by atoms with van der Waals surface area (Å²) in [5.74, 6) is 0. The number of H-pyrrole nitrogens is 1. The molecule has 0 aliphatic carbocycles. The van der Waals surface area contributed by atoms with Crippen molar-refractivity contribution in [2.24, 2.45) is 0 Å². The molecule has 2 amide bonds. The largest absolute Gasteiger partial charge is 0.359 e. The van der Waals surface area contributed by atoms with Crippen LogP contribution in [0.2, 0.25) is 0 Å². The highest BCUT2D eigenvalue weighted by atomic mass is 16.2. The molecule has 1 atom stereocenters. The minimum Gasteiger partial charge on any atom is -0.359 e. The molecule has 2 heterocycles. The summed E-state index contributed by atoms with van der Waals surface area (Å²) in [6, 6.07) is 16.1. The quantitative estimate of drug-likeness (QED) is 0.695. The number of rotatable bonds is 1. The van der Waals surface area contributed by atoms with Gasteiger partial charge >= 0.3 is 6.03 Å². The lowest BCUT2D eigenvalue weighted by Gasteiger charge is -2.22. The zero-order chi connectivity index (χ0) is 15.1. The summed E-state index contributed by atoms with van der Waals surface area (Å²) in [5.41, 5.74) is 4.07. The van der Waals surface area contributed by atoms with Crippen LogP contribution in [0.1, 0.15) is 12.5 Å². The zero-order valence-electron chi connectivity index (χ0n) is 12.3. The molecule has 0 radical (unpaired) electrons. The van der Waals surface area contributed by atoms with E-state index >= 15 is 0 Å². The number of aromatic amines is 1. The minimum atomic E-state index is -0.0813. The molecule has 1 aromatic heterocycles. The molecule has 0 spiro atoms. The summed E-state index contributed by atoms with van der Waals surface area (Å²) < 4.78 is 0. The van der Waals surface area contributed by atoms with Crippen LogP contribution in [0, 0.1) is 0 Å². The van der Waals surface area contributed by atoms with Crippen LogP contribution in [0.25, 0.3) is 10.9 Å². The van der Waals surface area contributed by atoms with Gasteiger partial charge in [0.25, 0.3) is 0 Å². The highest BCUT2D eigenvalue weighted by Gasteiger charge is 2.30. The van der Waals surface area contributed by atoms with Crippen LogP contribution in [-0.4, -0.2) is 17.1 Å². The number of nitrogens with one attached hydrogen (secondary N) is 2. The Morgan fingerprint density at radius 2 is 1.95 bits per heavy atom. The van der Waals surface area contributed by atoms with E-state index in [1.165, 1.54) is 5.56 Å². The number of carbonyl (C=O) groups is 1. The molecule has 0 bridgehead atoms. The van der Waals surface area contributed by atoms with Gasteiger partial charge in [-0.2, -0.15) is 0 Å². The molecule has 1 aliphatic heterocycles. The second kappa shape index (κ2) is 4.91. The van der Waals surface area contributed by atoms with Gasteiger partial charge in [-0.25, -0.2) is 4.79 Å². The number of nitrogens with zero attached hydrogens (tertiary/aromatic N) is 1. The van der Waals surface area contributed by atoms with E-state index in [1.54, 1.807) is 0 Å². The number of aromatic nitrogens is 1. The molecule has 2 aromatic carbocycles. The number of amides is 2. The molecular formula is C18H17N3O. The Morgan fingerprint density at radius 3 is 2.86 bits per heavy atom. The van der Waals surface area contributed by atoms with Crippen molar-refractivity contribution >= 4 is 28.3 Å². The van der Waals surface area contributed by atoms with E-state index in [1.807, 2.05) is 53.6 Å². The Hall–Kier alpha value is -2.75. The summed E-state index contributed by atoms with van der Waals surface area (Å²) in [6.45, 7) is 2.08. The van der Waals surface area contributed by atoms with Crippen LogP contribution in [0.15, 0.2) is 54.7 Å². The highest BCUT2D eigenvalue weighted by molar-refractivity contribution is 6.08. The third-order valence-corrected chi connectivity index (χ3v) is 4.26. The van der Waals surface area contributed by atoms with E-state index in [0.29, 0.717) is 0 Å². The molecule has 3 aromatic rings. The molecule has 1 aliphatic rings. The normalized spacial score (nSPS) is 16.8. The molecule has 110 valence electrons. The number of para-hydroxylation sites is 2. The number of carbonyl (C=O) groups excluding carboxylic acids is 1. The standard InChI is InChI=1S/C18H17N3O/c1-12-10-13-6-2-5-9-17(13)21(12)18(22)20-16-11-19-15-8-4-3-7-14(15)16/h2-9,11-12,19H,10H2,1H3,(H,20,22)/t12-/m1/s1. The molecule has 2 N–H and O–H groups in total. The predicted molar refractivity (Wildman–Crippen MR) is 89.4 cm³/mol. The van der Waals surface area contributed by atoms with E-state index in [-0.39, 0.29) is 12.1 Å². The van der Waals surface area contributed by atoms with E-state index < -0.39 is 0 Å². The molecule has 0 fully saturated rings. The topological polar surface area (TPSA) is 48.1 Å². The maximum atomic E-state index is 12.7. The second-order valence-electron chi connectivity index (χ2n) is 5.73. The predicted octanol–water partition coefficient (Wildman–Crippen LogP) is 4.15. The van der Waals surface area contributed by atoms with Gasteiger partial charge in [-0.15, -0.1) is 0 Å². The van der Waals surface area contributed by atoms with Gasteiger partial charge in [0.05, 0.1) is 5.69 Å². The lowest BCUT2D eigenvalue weighted by Crippen LogP contribution is -2.39. The first-order valence-corrected chi connectivity index (χ1v) is 7.48. The first-order valence-electron chi connectivity index (χ1n) is 7.48. The molecule has 4 nitrogen and oxygen atoms in total. The van der Waals surface area contributed by atoms with Gasteiger partial charge in [0.2, 0.25) is 0 Å². The Balaban J connectivity index is 1.65. The summed E-state index contributed by atoms with van der Waals surface area (Å²) >= 11 is 0. The van der Waals surface area contributed by atoms with Gasteiger partial charge in [0.1, 0.15) is 0 Å². The SMILES string of the molecule is C[C@@H]1Cc2ccccc2N1C(=O)Nc1c[nH]c2ccccc12. The summed E-state index contributed by atoms with van der Waals surface area (Å²) in [6.07, 6.45) is 2.74. The van der Waals surface area contributed by atoms with Crippen molar-refractivity contribution in [3.63, 3.8) is 0 Å². The Labute approximate surface area is 128 Å². The fraction of sp³-hybridized carbons (Fsp3) is 0.167. The van der Waals surface area contributed by atoms with Crippen LogP contribution in [-0.2, 0) is 6.42 Å². The monoisotopic (exact) mass is 291 g/mol. The third kappa shape index (κ3) is 1.96. The number of benzene rings is 2. The first-order chi connectivity index (χ1) is 10.7. The summed E-state index contributed by atoms with van der Waals surface area (Å²) in [4.78, 5) is 17.8. The van der Waals surface area contributed by atoms with Crippen molar-refractivity contribution < 1.29 is 4.79 Å². The van der Waals surface area contributed by atoms with E-state index in [4.69, 9.17) is 0 Å². The van der Waals surface area contributed by atoms with Crippen molar-refractivity contribution in [3.05, 3.63) is 60.3 Å². The summed E-state index contributed by atoms with van der Waals surface area (Å²) in [7, 11) is 0. The molecule has 0 unspecified atom stereocenters. The Bertz CT molecular complexity index is 852. The van der Waals surface area contributed by atoms with Gasteiger partial charge in [0.15, 0.2) is 0 Å². The van der Waals surface area contributed by atoms with E-state index in [9.17, 15) is 4.79 Å². The fourth-order valence-corrected chi connectivity index (χ4v) is 3.23. The van der Waals surface area contributed by atoms with E-state index in [0.717, 1.165) is 28.7 Å². The number of anilines is 2. The lowest BCUT2D eigenvalue weighted by atomic mass is 10.1. The minimum absolute atomic E-state index is 0.0813. The molecular weight excluding hydrogens is 274 g/mol. The summed E-state index contributed by atoms with van der Waals surface area (Å²) in [5, 5.41) is 4.06. The molecule has 0 saturated carbocycles. The lowest BCUT2D eigenvalue weighted by molar-refractivity contribution is 0.256. The van der Waals surface area contributed by atoms with Crippen molar-refractivity contribution in [2.45, 2.75) is 19.4 Å². The van der Waals surface area contributed by atoms with Gasteiger partial charge in [-0.05, 0) is 31.0 Å². The fourth-order valence-electron chi connectivity index (χ4n) is 3.23. The van der Waals surface area contributed by atoms with Crippen LogP contribution in [0.3, 0.4) is 0 Å². The van der Waals surface area contributed by atoms with Crippen molar-refractivity contribution in [1.29, 1.82) is 0 Å². The second-order valence-corrected chi connectivity index (χ2v) is 5.73.